The summed E-state index contributed by atoms with van der Waals surface area (Å²) >= 11 is 0. The van der Waals surface area contributed by atoms with Crippen LogP contribution in [0.4, 0.5) is 0 Å². The first-order valence-electron chi connectivity index (χ1n) is 4.57. The maximum absolute atomic E-state index is 6.01. The van der Waals surface area contributed by atoms with Crippen LogP contribution >= 0.6 is 0 Å². The zero-order valence-corrected chi connectivity index (χ0v) is 8.50. The van der Waals surface area contributed by atoms with Crippen molar-refractivity contribution in [1.82, 2.24) is 0 Å². The fourth-order valence-corrected chi connectivity index (χ4v) is 1.28. The van der Waals surface area contributed by atoms with Gasteiger partial charge in [-0.3, -0.25) is 0 Å². The molecule has 0 saturated carbocycles. The van der Waals surface area contributed by atoms with Crippen LogP contribution in [0.5, 0.6) is 5.75 Å². The average molecular weight is 179 g/mol. The zero-order valence-electron chi connectivity index (χ0n) is 8.50. The largest absolute Gasteiger partial charge is 0.494 e. The highest BCUT2D eigenvalue weighted by molar-refractivity contribution is 5.37. The number of rotatable bonds is 3. The molecular weight excluding hydrogens is 162 g/mol. The highest BCUT2D eigenvalue weighted by atomic mass is 16.5. The molecule has 72 valence electrons. The smallest absolute Gasteiger partial charge is 0.124 e. The molecule has 0 unspecified atom stereocenters. The summed E-state index contributed by atoms with van der Waals surface area (Å²) in [6.07, 6.45) is 0. The Morgan fingerprint density at radius 1 is 1.31 bits per heavy atom. The van der Waals surface area contributed by atoms with Gasteiger partial charge in [-0.05, 0) is 26.8 Å². The van der Waals surface area contributed by atoms with Crippen molar-refractivity contribution < 1.29 is 4.74 Å². The molecule has 2 N–H and O–H groups in total. The molecule has 0 spiro atoms. The van der Waals surface area contributed by atoms with Crippen LogP contribution in [0, 0.1) is 0 Å². The molecule has 0 saturated heterocycles. The molecule has 0 atom stereocenters. The number of hydrogen-bond donors (Lipinski definition) is 1. The molecule has 0 heterocycles. The molecule has 0 aliphatic heterocycles. The Kier molecular flexibility index (Phi) is 2.94. The van der Waals surface area contributed by atoms with Crippen molar-refractivity contribution in [3.05, 3.63) is 29.8 Å². The van der Waals surface area contributed by atoms with Gasteiger partial charge in [-0.25, -0.2) is 0 Å². The summed E-state index contributed by atoms with van der Waals surface area (Å²) in [5.41, 5.74) is 6.72. The Morgan fingerprint density at radius 3 is 2.46 bits per heavy atom. The lowest BCUT2D eigenvalue weighted by atomic mass is 9.95. The molecule has 0 aliphatic carbocycles. The van der Waals surface area contributed by atoms with E-state index < -0.39 is 0 Å². The SMILES string of the molecule is CCOc1ccccc1C(C)(C)N. The predicted octanol–water partition coefficient (Wildman–Crippen LogP) is 2.28. The van der Waals surface area contributed by atoms with Gasteiger partial charge in [0.1, 0.15) is 5.75 Å². The van der Waals surface area contributed by atoms with Crippen molar-refractivity contribution in [3.8, 4) is 5.75 Å². The first-order chi connectivity index (χ1) is 6.05. The maximum atomic E-state index is 6.01. The van der Waals surface area contributed by atoms with Gasteiger partial charge in [0.05, 0.1) is 6.61 Å². The van der Waals surface area contributed by atoms with Gasteiger partial charge in [-0.1, -0.05) is 18.2 Å². The van der Waals surface area contributed by atoms with E-state index in [4.69, 9.17) is 10.5 Å². The Labute approximate surface area is 79.7 Å². The number of para-hydroxylation sites is 1. The Morgan fingerprint density at radius 2 is 1.92 bits per heavy atom. The number of benzene rings is 1. The minimum Gasteiger partial charge on any atom is -0.494 e. The van der Waals surface area contributed by atoms with Gasteiger partial charge >= 0.3 is 0 Å². The third-order valence-corrected chi connectivity index (χ3v) is 1.88. The normalized spacial score (nSPS) is 11.4. The van der Waals surface area contributed by atoms with Crippen LogP contribution in [0.25, 0.3) is 0 Å². The molecule has 0 fully saturated rings. The third kappa shape index (κ3) is 2.46. The molecule has 13 heavy (non-hydrogen) atoms. The molecule has 0 aliphatic rings. The minimum absolute atomic E-state index is 0.342. The Bertz CT molecular complexity index is 276. The van der Waals surface area contributed by atoms with E-state index >= 15 is 0 Å². The zero-order chi connectivity index (χ0) is 9.90. The summed E-state index contributed by atoms with van der Waals surface area (Å²) in [5.74, 6) is 0.887. The van der Waals surface area contributed by atoms with E-state index in [1.54, 1.807) is 0 Å². The molecule has 0 radical (unpaired) electrons. The van der Waals surface area contributed by atoms with Gasteiger partial charge in [-0.2, -0.15) is 0 Å². The number of nitrogens with two attached hydrogens (primary N) is 1. The van der Waals surface area contributed by atoms with Crippen LogP contribution < -0.4 is 10.5 Å². The molecule has 0 aromatic heterocycles. The fraction of sp³-hybridized carbons (Fsp3) is 0.455. The maximum Gasteiger partial charge on any atom is 0.124 e. The quantitative estimate of drug-likeness (QED) is 0.772. The summed E-state index contributed by atoms with van der Waals surface area (Å²) < 4.78 is 5.48. The Hall–Kier alpha value is -1.02. The van der Waals surface area contributed by atoms with Crippen LogP contribution in [-0.2, 0) is 5.54 Å². The fourth-order valence-electron chi connectivity index (χ4n) is 1.28. The van der Waals surface area contributed by atoms with Crippen molar-refractivity contribution in [2.24, 2.45) is 5.73 Å². The van der Waals surface area contributed by atoms with E-state index in [0.717, 1.165) is 11.3 Å². The predicted molar refractivity (Wildman–Crippen MR) is 54.8 cm³/mol. The van der Waals surface area contributed by atoms with E-state index in [1.165, 1.54) is 0 Å². The van der Waals surface area contributed by atoms with Gasteiger partial charge in [0.2, 0.25) is 0 Å². The first-order valence-corrected chi connectivity index (χ1v) is 4.57. The molecular formula is C11H17NO. The molecule has 1 aromatic carbocycles. The Balaban J connectivity index is 3.05. The van der Waals surface area contributed by atoms with Crippen LogP contribution in [0.15, 0.2) is 24.3 Å². The van der Waals surface area contributed by atoms with Crippen LogP contribution in [0.3, 0.4) is 0 Å². The highest BCUT2D eigenvalue weighted by Gasteiger charge is 2.18. The van der Waals surface area contributed by atoms with Crippen molar-refractivity contribution in [1.29, 1.82) is 0 Å². The van der Waals surface area contributed by atoms with Crippen molar-refractivity contribution in [2.75, 3.05) is 6.61 Å². The van der Waals surface area contributed by atoms with Crippen LogP contribution in [0.2, 0.25) is 0 Å². The first kappa shape index (κ1) is 10.1. The molecule has 1 rings (SSSR count). The van der Waals surface area contributed by atoms with Crippen LogP contribution in [-0.4, -0.2) is 6.61 Å². The topological polar surface area (TPSA) is 35.2 Å². The summed E-state index contributed by atoms with van der Waals surface area (Å²) in [5, 5.41) is 0. The van der Waals surface area contributed by atoms with E-state index in [0.29, 0.717) is 6.61 Å². The van der Waals surface area contributed by atoms with Gasteiger partial charge < -0.3 is 10.5 Å². The van der Waals surface area contributed by atoms with Gasteiger partial charge in [0.15, 0.2) is 0 Å². The lowest BCUT2D eigenvalue weighted by molar-refractivity contribution is 0.328. The molecule has 0 bridgehead atoms. The molecule has 2 nitrogen and oxygen atoms in total. The van der Waals surface area contributed by atoms with E-state index in [-0.39, 0.29) is 5.54 Å². The standard InChI is InChI=1S/C11H17NO/c1-4-13-10-8-6-5-7-9(10)11(2,3)12/h5-8H,4,12H2,1-3H3. The van der Waals surface area contributed by atoms with Gasteiger partial charge in [-0.15, -0.1) is 0 Å². The summed E-state index contributed by atoms with van der Waals surface area (Å²) in [4.78, 5) is 0. The third-order valence-electron chi connectivity index (χ3n) is 1.88. The van der Waals surface area contributed by atoms with E-state index in [2.05, 4.69) is 0 Å². The minimum atomic E-state index is -0.342. The highest BCUT2D eigenvalue weighted by Crippen LogP contribution is 2.27. The lowest BCUT2D eigenvalue weighted by Gasteiger charge is -2.22. The molecule has 1 aromatic rings. The lowest BCUT2D eigenvalue weighted by Crippen LogP contribution is -2.29. The molecule has 2 heteroatoms. The summed E-state index contributed by atoms with van der Waals surface area (Å²) in [7, 11) is 0. The van der Waals surface area contributed by atoms with E-state index in [1.807, 2.05) is 45.0 Å². The van der Waals surface area contributed by atoms with Crippen LogP contribution in [0.1, 0.15) is 26.3 Å². The average Bonchev–Trinajstić information content (AvgIpc) is 2.04. The monoisotopic (exact) mass is 179 g/mol. The second-order valence-electron chi connectivity index (χ2n) is 3.65. The van der Waals surface area contributed by atoms with Crippen molar-refractivity contribution in [3.63, 3.8) is 0 Å². The molecule has 0 amide bonds. The van der Waals surface area contributed by atoms with E-state index in [9.17, 15) is 0 Å². The summed E-state index contributed by atoms with van der Waals surface area (Å²) in [6.45, 7) is 6.60. The number of hydrogen-bond acceptors (Lipinski definition) is 2. The summed E-state index contributed by atoms with van der Waals surface area (Å²) in [6, 6.07) is 7.89. The van der Waals surface area contributed by atoms with Crippen molar-refractivity contribution in [2.45, 2.75) is 26.3 Å². The second-order valence-corrected chi connectivity index (χ2v) is 3.65. The second kappa shape index (κ2) is 3.79. The van der Waals surface area contributed by atoms with Gasteiger partial charge in [0.25, 0.3) is 0 Å². The van der Waals surface area contributed by atoms with Gasteiger partial charge in [0, 0.05) is 11.1 Å². The number of ether oxygens (including phenoxy) is 1. The van der Waals surface area contributed by atoms with Crippen molar-refractivity contribution >= 4 is 0 Å².